The van der Waals surface area contributed by atoms with Crippen LogP contribution in [0.15, 0.2) is 24.8 Å². The Labute approximate surface area is 219 Å². The maximum absolute atomic E-state index is 13.1. The van der Waals surface area contributed by atoms with E-state index in [2.05, 4.69) is 16.6 Å². The average molecular weight is 547 g/mol. The molecule has 2 aliphatic heterocycles. The molecule has 0 saturated carbocycles. The highest BCUT2D eigenvalue weighted by molar-refractivity contribution is 7.84. The number of ether oxygens (including phenoxy) is 2. The summed E-state index contributed by atoms with van der Waals surface area (Å²) in [6, 6.07) is 3.09. The van der Waals surface area contributed by atoms with E-state index in [9.17, 15) is 13.8 Å². The van der Waals surface area contributed by atoms with Gasteiger partial charge in [-0.05, 0) is 45.6 Å². The van der Waals surface area contributed by atoms with Crippen molar-refractivity contribution in [1.82, 2.24) is 14.9 Å². The van der Waals surface area contributed by atoms with Crippen LogP contribution < -0.4 is 14.8 Å². The number of benzene rings is 1. The number of nitrogens with zero attached hydrogens (tertiary/aromatic N) is 1. The number of amides is 2. The van der Waals surface area contributed by atoms with Crippen molar-refractivity contribution in [3.8, 4) is 5.75 Å². The van der Waals surface area contributed by atoms with Crippen LogP contribution in [0, 0.1) is 5.92 Å². The molecule has 3 atom stereocenters. The van der Waals surface area contributed by atoms with Crippen LogP contribution in [0.2, 0.25) is 10.0 Å². The van der Waals surface area contributed by atoms with Crippen molar-refractivity contribution in [2.24, 2.45) is 5.92 Å². The molecule has 2 unspecified atom stereocenters. The molecule has 0 aliphatic carbocycles. The van der Waals surface area contributed by atoms with Crippen molar-refractivity contribution >= 4 is 46.0 Å². The summed E-state index contributed by atoms with van der Waals surface area (Å²) in [5.41, 5.74) is 0.766. The molecule has 2 fully saturated rings. The first-order chi connectivity index (χ1) is 16.5. The molecule has 8 nitrogen and oxygen atoms in total. The first-order valence-electron chi connectivity index (χ1n) is 11.6. The molecule has 1 aromatic carbocycles. The van der Waals surface area contributed by atoms with E-state index in [-0.39, 0.29) is 43.5 Å². The molecule has 0 radical (unpaired) electrons. The van der Waals surface area contributed by atoms with E-state index in [1.54, 1.807) is 23.1 Å². The third-order valence-corrected chi connectivity index (χ3v) is 8.34. The smallest absolute Gasteiger partial charge is 0.253 e. The summed E-state index contributed by atoms with van der Waals surface area (Å²) in [6.07, 6.45) is 2.32. The minimum Gasteiger partial charge on any atom is -0.489 e. The zero-order valence-corrected chi connectivity index (χ0v) is 22.6. The van der Waals surface area contributed by atoms with E-state index in [0.29, 0.717) is 41.7 Å². The standard InChI is InChI=1S/C24H33Cl2N3O5S/c1-5-10-33-19-12-18(26)17(25)11-16(19)22(28-35(32)24(2,3)4)15-6-8-29(9-7-15)23(31)20-13-27-21(30)14-34-20/h5,11-12,15,20,22,28H,1,6-10,13-14H2,2-4H3,(H,27,30)/t20?,22?,35-/m0/s1. The lowest BCUT2D eigenvalue weighted by Crippen LogP contribution is -2.53. The van der Waals surface area contributed by atoms with Gasteiger partial charge in [-0.15, -0.1) is 0 Å². The fourth-order valence-electron chi connectivity index (χ4n) is 4.07. The van der Waals surface area contributed by atoms with E-state index < -0.39 is 21.8 Å². The molecule has 0 bridgehead atoms. The average Bonchev–Trinajstić information content (AvgIpc) is 2.82. The molecular formula is C24H33Cl2N3O5S. The molecule has 35 heavy (non-hydrogen) atoms. The van der Waals surface area contributed by atoms with E-state index in [0.717, 1.165) is 5.56 Å². The van der Waals surface area contributed by atoms with E-state index in [1.165, 1.54) is 0 Å². The Bertz CT molecular complexity index is 967. The lowest BCUT2D eigenvalue weighted by Gasteiger charge is -2.39. The second kappa shape index (κ2) is 12.1. The van der Waals surface area contributed by atoms with Gasteiger partial charge in [0.05, 0.1) is 38.4 Å². The van der Waals surface area contributed by atoms with Crippen LogP contribution in [0.1, 0.15) is 45.2 Å². The van der Waals surface area contributed by atoms with Crippen LogP contribution in [0.4, 0.5) is 0 Å². The summed E-state index contributed by atoms with van der Waals surface area (Å²) in [4.78, 5) is 26.0. The number of rotatable bonds is 8. The molecule has 2 aliphatic rings. The molecule has 2 N–H and O–H groups in total. The van der Waals surface area contributed by atoms with Crippen LogP contribution in [-0.4, -0.2) is 64.6 Å². The minimum atomic E-state index is -1.36. The Morgan fingerprint density at radius 3 is 2.57 bits per heavy atom. The summed E-state index contributed by atoms with van der Waals surface area (Å²) < 4.78 is 27.3. The van der Waals surface area contributed by atoms with Gasteiger partial charge in [-0.2, -0.15) is 0 Å². The third-order valence-electron chi connectivity index (χ3n) is 6.03. The highest BCUT2D eigenvalue weighted by Crippen LogP contribution is 2.40. The van der Waals surface area contributed by atoms with Gasteiger partial charge in [-0.25, -0.2) is 8.93 Å². The Hall–Kier alpha value is -1.65. The van der Waals surface area contributed by atoms with Crippen LogP contribution in [0.25, 0.3) is 0 Å². The molecule has 0 spiro atoms. The van der Waals surface area contributed by atoms with Gasteiger partial charge >= 0.3 is 0 Å². The van der Waals surface area contributed by atoms with Crippen molar-refractivity contribution in [2.45, 2.75) is 50.5 Å². The molecule has 2 amide bonds. The molecule has 1 aromatic rings. The van der Waals surface area contributed by atoms with Crippen molar-refractivity contribution in [1.29, 1.82) is 0 Å². The number of carbonyl (C=O) groups is 2. The SMILES string of the molecule is C=CCOc1cc(Cl)c(Cl)cc1C(N[S@@](=O)C(C)(C)C)C1CCN(C(=O)C2CNC(=O)CO2)CC1. The van der Waals surface area contributed by atoms with Gasteiger partial charge in [0.2, 0.25) is 5.91 Å². The fraction of sp³-hybridized carbons (Fsp3) is 0.583. The highest BCUT2D eigenvalue weighted by Gasteiger charge is 2.36. The van der Waals surface area contributed by atoms with Crippen LogP contribution in [0.3, 0.4) is 0 Å². The number of piperidine rings is 1. The number of morpholine rings is 1. The minimum absolute atomic E-state index is 0.0562. The number of carbonyl (C=O) groups excluding carboxylic acids is 2. The molecule has 2 heterocycles. The molecule has 2 saturated heterocycles. The summed E-state index contributed by atoms with van der Waals surface area (Å²) in [5, 5.41) is 3.42. The zero-order valence-electron chi connectivity index (χ0n) is 20.3. The lowest BCUT2D eigenvalue weighted by molar-refractivity contribution is -0.151. The molecule has 3 rings (SSSR count). The Kier molecular flexibility index (Phi) is 9.62. The normalized spacial score (nSPS) is 21.2. The van der Waals surface area contributed by atoms with Crippen LogP contribution in [-0.2, 0) is 25.3 Å². The van der Waals surface area contributed by atoms with E-state index >= 15 is 0 Å². The maximum atomic E-state index is 13.1. The number of nitrogens with one attached hydrogen (secondary N) is 2. The van der Waals surface area contributed by atoms with E-state index in [4.69, 9.17) is 32.7 Å². The molecule has 0 aromatic heterocycles. The van der Waals surface area contributed by atoms with Gasteiger partial charge in [0, 0.05) is 24.7 Å². The summed E-state index contributed by atoms with van der Waals surface area (Å²) in [7, 11) is -1.36. The molecular weight excluding hydrogens is 513 g/mol. The summed E-state index contributed by atoms with van der Waals surface area (Å²) >= 11 is 12.7. The largest absolute Gasteiger partial charge is 0.489 e. The maximum Gasteiger partial charge on any atom is 0.253 e. The van der Waals surface area contributed by atoms with Crippen molar-refractivity contribution in [2.75, 3.05) is 32.8 Å². The zero-order chi connectivity index (χ0) is 25.8. The second-order valence-corrected chi connectivity index (χ2v) is 12.5. The quantitative estimate of drug-likeness (QED) is 0.488. The predicted molar refractivity (Wildman–Crippen MR) is 138 cm³/mol. The van der Waals surface area contributed by atoms with Gasteiger partial charge in [0.25, 0.3) is 5.91 Å². The number of hydrogen-bond donors (Lipinski definition) is 2. The second-order valence-electron chi connectivity index (χ2n) is 9.65. The van der Waals surface area contributed by atoms with Crippen LogP contribution in [0.5, 0.6) is 5.75 Å². The first kappa shape index (κ1) is 27.9. The van der Waals surface area contributed by atoms with Crippen molar-refractivity contribution in [3.05, 3.63) is 40.4 Å². The van der Waals surface area contributed by atoms with Gasteiger partial charge in [0.15, 0.2) is 6.10 Å². The van der Waals surface area contributed by atoms with Crippen LogP contribution >= 0.6 is 23.2 Å². The Morgan fingerprint density at radius 1 is 1.34 bits per heavy atom. The highest BCUT2D eigenvalue weighted by atomic mass is 35.5. The topological polar surface area (TPSA) is 97.0 Å². The Morgan fingerprint density at radius 2 is 2.00 bits per heavy atom. The first-order valence-corrected chi connectivity index (χ1v) is 13.5. The predicted octanol–water partition coefficient (Wildman–Crippen LogP) is 3.40. The Balaban J connectivity index is 1.82. The van der Waals surface area contributed by atoms with Gasteiger partial charge in [-0.3, -0.25) is 9.59 Å². The summed E-state index contributed by atoms with van der Waals surface area (Å²) in [5.74, 6) is 0.258. The monoisotopic (exact) mass is 545 g/mol. The third kappa shape index (κ3) is 7.20. The summed E-state index contributed by atoms with van der Waals surface area (Å²) in [6.45, 7) is 10.8. The van der Waals surface area contributed by atoms with Crippen molar-refractivity contribution in [3.63, 3.8) is 0 Å². The molecule has 11 heteroatoms. The molecule has 194 valence electrons. The van der Waals surface area contributed by atoms with Crippen molar-refractivity contribution < 1.29 is 23.3 Å². The van der Waals surface area contributed by atoms with Gasteiger partial charge in [0.1, 0.15) is 19.0 Å². The van der Waals surface area contributed by atoms with Gasteiger partial charge < -0.3 is 19.7 Å². The van der Waals surface area contributed by atoms with Gasteiger partial charge in [-0.1, -0.05) is 35.9 Å². The van der Waals surface area contributed by atoms with E-state index in [1.807, 2.05) is 20.8 Å². The lowest BCUT2D eigenvalue weighted by atomic mass is 9.85. The fourth-order valence-corrected chi connectivity index (χ4v) is 5.30. The number of likely N-dealkylation sites (tertiary alicyclic amines) is 1. The number of hydrogen-bond acceptors (Lipinski definition) is 5. The number of halogens is 2.